The second-order valence-electron chi connectivity index (χ2n) is 8.23. The van der Waals surface area contributed by atoms with Crippen LogP contribution in [0.3, 0.4) is 0 Å². The summed E-state index contributed by atoms with van der Waals surface area (Å²) in [6.45, 7) is 0.234. The number of rotatable bonds is 6. The van der Waals surface area contributed by atoms with Gasteiger partial charge in [-0.1, -0.05) is 29.8 Å². The Morgan fingerprint density at radius 1 is 0.943 bits per heavy atom. The number of imide groups is 1. The number of carbonyl (C=O) groups is 3. The molecule has 3 aromatic rings. The summed E-state index contributed by atoms with van der Waals surface area (Å²) in [5.41, 5.74) is 2.44. The van der Waals surface area contributed by atoms with Gasteiger partial charge in [0.05, 0.1) is 21.7 Å². The Morgan fingerprint density at radius 2 is 1.60 bits per heavy atom. The molecule has 5 rings (SSSR count). The second kappa shape index (κ2) is 8.83. The van der Waals surface area contributed by atoms with Gasteiger partial charge in [-0.15, -0.1) is 0 Å². The molecule has 3 amide bonds. The Bertz CT molecular complexity index is 1440. The number of halogens is 1. The smallest absolute Gasteiger partial charge is 0.264 e. The van der Waals surface area contributed by atoms with E-state index < -0.39 is 27.7 Å². The second-order valence-corrected chi connectivity index (χ2v) is 10.5. The fourth-order valence-corrected chi connectivity index (χ4v) is 5.91. The number of nitrogens with zero attached hydrogens (tertiary/aromatic N) is 2. The zero-order chi connectivity index (χ0) is 24.7. The molecule has 0 aromatic heterocycles. The van der Waals surface area contributed by atoms with Crippen LogP contribution in [0.15, 0.2) is 71.6 Å². The number of amides is 3. The van der Waals surface area contributed by atoms with Crippen LogP contribution in [0, 0.1) is 0 Å². The standard InChI is InChI=1S/C25H20ClN3O5S/c26-17-6-9-19(10-7-17)35(33,34)29-14-11-16-5-8-18(15-22(16)29)27-23(30)12-13-28-24(31)20-3-1-2-4-21(20)25(28)32/h1-10,15H,11-14H2,(H,27,30). The highest BCUT2D eigenvalue weighted by Gasteiger charge is 2.35. The molecule has 1 N–H and O–H groups in total. The quantitative estimate of drug-likeness (QED) is 0.510. The molecule has 8 nitrogen and oxygen atoms in total. The van der Waals surface area contributed by atoms with E-state index in [-0.39, 0.29) is 24.4 Å². The average Bonchev–Trinajstić information content (AvgIpc) is 3.37. The Morgan fingerprint density at radius 3 is 2.26 bits per heavy atom. The Hall–Kier alpha value is -3.69. The molecule has 3 aromatic carbocycles. The largest absolute Gasteiger partial charge is 0.326 e. The summed E-state index contributed by atoms with van der Waals surface area (Å²) in [5, 5.41) is 3.18. The summed E-state index contributed by atoms with van der Waals surface area (Å²) in [5.74, 6) is -1.23. The van der Waals surface area contributed by atoms with Gasteiger partial charge < -0.3 is 5.32 Å². The minimum absolute atomic E-state index is 0.0554. The molecule has 2 aliphatic heterocycles. The third kappa shape index (κ3) is 4.17. The lowest BCUT2D eigenvalue weighted by Crippen LogP contribution is -2.33. The highest BCUT2D eigenvalue weighted by atomic mass is 35.5. The van der Waals surface area contributed by atoms with Crippen molar-refractivity contribution in [3.63, 3.8) is 0 Å². The van der Waals surface area contributed by atoms with E-state index in [0.29, 0.717) is 33.9 Å². The van der Waals surface area contributed by atoms with Crippen molar-refractivity contribution in [2.75, 3.05) is 22.7 Å². The van der Waals surface area contributed by atoms with E-state index in [9.17, 15) is 22.8 Å². The van der Waals surface area contributed by atoms with Crippen LogP contribution in [0.4, 0.5) is 11.4 Å². The van der Waals surface area contributed by atoms with Crippen molar-refractivity contribution < 1.29 is 22.8 Å². The third-order valence-corrected chi connectivity index (χ3v) is 8.14. The number of carbonyl (C=O) groups excluding carboxylic acids is 3. The van der Waals surface area contributed by atoms with Crippen molar-refractivity contribution in [2.45, 2.75) is 17.7 Å². The maximum Gasteiger partial charge on any atom is 0.264 e. The maximum atomic E-state index is 13.2. The number of sulfonamides is 1. The van der Waals surface area contributed by atoms with E-state index in [1.54, 1.807) is 42.5 Å². The van der Waals surface area contributed by atoms with Crippen LogP contribution in [0.5, 0.6) is 0 Å². The predicted molar refractivity (Wildman–Crippen MR) is 131 cm³/mol. The van der Waals surface area contributed by atoms with Gasteiger partial charge in [-0.25, -0.2) is 8.42 Å². The monoisotopic (exact) mass is 509 g/mol. The molecule has 35 heavy (non-hydrogen) atoms. The number of hydrogen-bond donors (Lipinski definition) is 1. The Labute approximate surface area is 207 Å². The van der Waals surface area contributed by atoms with Gasteiger partial charge in [0.25, 0.3) is 21.8 Å². The van der Waals surface area contributed by atoms with Gasteiger partial charge in [0.15, 0.2) is 0 Å². The molecule has 0 fully saturated rings. The van der Waals surface area contributed by atoms with Crippen LogP contribution >= 0.6 is 11.6 Å². The van der Waals surface area contributed by atoms with E-state index in [1.165, 1.54) is 28.6 Å². The third-order valence-electron chi connectivity index (χ3n) is 6.06. The van der Waals surface area contributed by atoms with E-state index >= 15 is 0 Å². The van der Waals surface area contributed by atoms with Gasteiger partial charge in [-0.05, 0) is 60.5 Å². The fourth-order valence-electron chi connectivity index (χ4n) is 4.29. The van der Waals surface area contributed by atoms with Gasteiger partial charge in [-0.2, -0.15) is 0 Å². The van der Waals surface area contributed by atoms with Crippen molar-refractivity contribution in [1.29, 1.82) is 0 Å². The number of anilines is 2. The average molecular weight is 510 g/mol. The highest BCUT2D eigenvalue weighted by molar-refractivity contribution is 7.92. The van der Waals surface area contributed by atoms with E-state index in [1.807, 2.05) is 0 Å². The number of fused-ring (bicyclic) bond motifs is 2. The van der Waals surface area contributed by atoms with Crippen LogP contribution in [0.2, 0.25) is 5.02 Å². The molecule has 0 unspecified atom stereocenters. The molecule has 0 saturated carbocycles. The summed E-state index contributed by atoms with van der Waals surface area (Å²) in [6.07, 6.45) is 0.464. The first kappa shape index (κ1) is 23.1. The normalized spacial score (nSPS) is 14.8. The summed E-state index contributed by atoms with van der Waals surface area (Å²) in [4.78, 5) is 38.7. The van der Waals surface area contributed by atoms with Crippen LogP contribution in [-0.4, -0.2) is 44.1 Å². The predicted octanol–water partition coefficient (Wildman–Crippen LogP) is 3.72. The first-order valence-corrected chi connectivity index (χ1v) is 12.7. The number of hydrogen-bond acceptors (Lipinski definition) is 5. The van der Waals surface area contributed by atoms with Gasteiger partial charge in [0, 0.05) is 30.2 Å². The van der Waals surface area contributed by atoms with Crippen LogP contribution < -0.4 is 9.62 Å². The summed E-state index contributed by atoms with van der Waals surface area (Å²) >= 11 is 5.89. The SMILES string of the molecule is O=C(CCN1C(=O)c2ccccc2C1=O)Nc1ccc2c(c1)N(S(=O)(=O)c1ccc(Cl)cc1)CC2. The minimum Gasteiger partial charge on any atom is -0.326 e. The lowest BCUT2D eigenvalue weighted by Gasteiger charge is -2.20. The van der Waals surface area contributed by atoms with Crippen LogP contribution in [0.25, 0.3) is 0 Å². The van der Waals surface area contributed by atoms with Gasteiger partial charge in [0.1, 0.15) is 0 Å². The molecule has 10 heteroatoms. The zero-order valence-corrected chi connectivity index (χ0v) is 20.0. The van der Waals surface area contributed by atoms with Crippen molar-refractivity contribution in [3.05, 3.63) is 88.4 Å². The number of benzene rings is 3. The van der Waals surface area contributed by atoms with Crippen molar-refractivity contribution in [2.24, 2.45) is 0 Å². The molecule has 0 saturated heterocycles. The molecule has 178 valence electrons. The molecule has 2 heterocycles. The van der Waals surface area contributed by atoms with Gasteiger partial charge >= 0.3 is 0 Å². The summed E-state index contributed by atoms with van der Waals surface area (Å²) in [6, 6.07) is 17.6. The lowest BCUT2D eigenvalue weighted by atomic mass is 10.1. The number of nitrogens with one attached hydrogen (secondary N) is 1. The summed E-state index contributed by atoms with van der Waals surface area (Å²) < 4.78 is 27.7. The molecule has 0 atom stereocenters. The van der Waals surface area contributed by atoms with Gasteiger partial charge in [-0.3, -0.25) is 23.6 Å². The molecule has 0 aliphatic carbocycles. The van der Waals surface area contributed by atoms with Crippen LogP contribution in [-0.2, 0) is 21.2 Å². The van der Waals surface area contributed by atoms with E-state index in [0.717, 1.165) is 10.5 Å². The Balaban J connectivity index is 1.28. The van der Waals surface area contributed by atoms with E-state index in [2.05, 4.69) is 5.32 Å². The Kier molecular flexibility index (Phi) is 5.82. The summed E-state index contributed by atoms with van der Waals surface area (Å²) in [7, 11) is -3.79. The topological polar surface area (TPSA) is 104 Å². The molecule has 0 bridgehead atoms. The minimum atomic E-state index is -3.79. The first-order valence-electron chi connectivity index (χ1n) is 10.9. The van der Waals surface area contributed by atoms with Crippen LogP contribution in [0.1, 0.15) is 32.7 Å². The molecule has 2 aliphatic rings. The highest BCUT2D eigenvalue weighted by Crippen LogP contribution is 2.35. The lowest BCUT2D eigenvalue weighted by molar-refractivity contribution is -0.116. The van der Waals surface area contributed by atoms with Crippen molar-refractivity contribution in [3.8, 4) is 0 Å². The maximum absolute atomic E-state index is 13.2. The molecular weight excluding hydrogens is 490 g/mol. The molecule has 0 spiro atoms. The van der Waals surface area contributed by atoms with Crippen molar-refractivity contribution >= 4 is 50.7 Å². The zero-order valence-electron chi connectivity index (χ0n) is 18.4. The fraction of sp³-hybridized carbons (Fsp3) is 0.160. The molecule has 0 radical (unpaired) electrons. The van der Waals surface area contributed by atoms with Gasteiger partial charge in [0.2, 0.25) is 5.91 Å². The first-order chi connectivity index (χ1) is 16.8. The van der Waals surface area contributed by atoms with E-state index in [4.69, 9.17) is 11.6 Å². The van der Waals surface area contributed by atoms with Crippen molar-refractivity contribution in [1.82, 2.24) is 4.90 Å². The molecular formula is C25H20ClN3O5S.